The number of aryl methyl sites for hydroxylation is 4. The number of carbonyl (C=O) groups is 1. The fraction of sp³-hybridized carbons (Fsp3) is 0.240. The molecule has 0 saturated heterocycles. The van der Waals surface area contributed by atoms with Crippen molar-refractivity contribution in [1.29, 1.82) is 0 Å². The van der Waals surface area contributed by atoms with E-state index in [0.717, 1.165) is 40.8 Å². The van der Waals surface area contributed by atoms with E-state index in [1.54, 1.807) is 35.2 Å². The number of fused-ring (bicyclic) bond motifs is 1. The van der Waals surface area contributed by atoms with Gasteiger partial charge in [-0.05, 0) is 80.6 Å². The van der Waals surface area contributed by atoms with Crippen LogP contribution >= 0.6 is 0 Å². The van der Waals surface area contributed by atoms with Crippen LogP contribution < -0.4 is 9.62 Å². The van der Waals surface area contributed by atoms with Crippen molar-refractivity contribution in [3.05, 3.63) is 88.5 Å². The molecule has 0 fully saturated rings. The third-order valence-electron chi connectivity index (χ3n) is 5.66. The van der Waals surface area contributed by atoms with Gasteiger partial charge in [-0.15, -0.1) is 0 Å². The first kappa shape index (κ1) is 21.1. The maximum Gasteiger partial charge on any atom is 0.261 e. The molecule has 0 saturated carbocycles. The zero-order valence-electron chi connectivity index (χ0n) is 18.0. The van der Waals surface area contributed by atoms with Gasteiger partial charge in [0.2, 0.25) is 0 Å². The van der Waals surface area contributed by atoms with Crippen molar-refractivity contribution >= 4 is 27.3 Å². The number of carbonyl (C=O) groups excluding carboxylic acids is 1. The lowest BCUT2D eigenvalue weighted by atomic mass is 10.0. The van der Waals surface area contributed by atoms with Crippen LogP contribution in [0.4, 0.5) is 11.4 Å². The summed E-state index contributed by atoms with van der Waals surface area (Å²) in [5.74, 6) is -0.0683. The minimum absolute atomic E-state index is 0.0683. The second kappa shape index (κ2) is 8.19. The summed E-state index contributed by atoms with van der Waals surface area (Å²) in [5.41, 5.74) is 5.76. The van der Waals surface area contributed by atoms with Gasteiger partial charge < -0.3 is 4.90 Å². The second-order valence-electron chi connectivity index (χ2n) is 8.10. The van der Waals surface area contributed by atoms with Crippen molar-refractivity contribution in [1.82, 2.24) is 0 Å². The molecule has 1 N–H and O–H groups in total. The Morgan fingerprint density at radius 1 is 0.935 bits per heavy atom. The van der Waals surface area contributed by atoms with Gasteiger partial charge in [0, 0.05) is 17.8 Å². The predicted molar refractivity (Wildman–Crippen MR) is 124 cm³/mol. The Labute approximate surface area is 183 Å². The van der Waals surface area contributed by atoms with Crippen LogP contribution in [-0.4, -0.2) is 20.9 Å². The van der Waals surface area contributed by atoms with Crippen molar-refractivity contribution in [3.8, 4) is 0 Å². The lowest BCUT2D eigenvalue weighted by molar-refractivity contribution is 0.0985. The van der Waals surface area contributed by atoms with Gasteiger partial charge in [0.05, 0.1) is 10.6 Å². The standard InChI is InChI=1S/C25H26N2O3S/c1-17-14-18(2)24(19(3)15-17)26-31(29,30)22-11-12-23-21(16-22)10-7-13-27(23)25(28)20-8-5-4-6-9-20/h4-6,8-9,11-12,14-16,26H,7,10,13H2,1-3H3. The third-order valence-corrected chi connectivity index (χ3v) is 7.01. The monoisotopic (exact) mass is 434 g/mol. The Hall–Kier alpha value is -3.12. The molecule has 1 heterocycles. The number of nitrogens with one attached hydrogen (secondary N) is 1. The van der Waals surface area contributed by atoms with Crippen LogP contribution in [0.25, 0.3) is 0 Å². The van der Waals surface area contributed by atoms with E-state index in [1.807, 2.05) is 51.1 Å². The van der Waals surface area contributed by atoms with Crippen LogP contribution in [0.2, 0.25) is 0 Å². The molecule has 0 spiro atoms. The Bertz CT molecular complexity index is 1230. The number of benzene rings is 3. The molecule has 3 aromatic rings. The van der Waals surface area contributed by atoms with Crippen molar-refractivity contribution in [2.24, 2.45) is 0 Å². The third kappa shape index (κ3) is 4.21. The molecule has 6 heteroatoms. The number of anilines is 2. The Kier molecular flexibility index (Phi) is 5.58. The molecule has 5 nitrogen and oxygen atoms in total. The van der Waals surface area contributed by atoms with Crippen molar-refractivity contribution in [2.45, 2.75) is 38.5 Å². The first-order valence-corrected chi connectivity index (χ1v) is 11.8. The van der Waals surface area contributed by atoms with Crippen LogP contribution in [0.5, 0.6) is 0 Å². The molecule has 4 rings (SSSR count). The first-order chi connectivity index (χ1) is 14.8. The smallest absolute Gasteiger partial charge is 0.261 e. The SMILES string of the molecule is Cc1cc(C)c(NS(=O)(=O)c2ccc3c(c2)CCCN3C(=O)c2ccccc2)c(C)c1. The molecule has 31 heavy (non-hydrogen) atoms. The predicted octanol–water partition coefficient (Wildman–Crippen LogP) is 5.01. The maximum atomic E-state index is 13.1. The molecule has 1 aliphatic heterocycles. The molecule has 1 amide bonds. The number of sulfonamides is 1. The Balaban J connectivity index is 1.66. The summed E-state index contributed by atoms with van der Waals surface area (Å²) in [6, 6.07) is 18.1. The molecule has 160 valence electrons. The van der Waals surface area contributed by atoms with Crippen LogP contribution in [0.3, 0.4) is 0 Å². The van der Waals surface area contributed by atoms with Gasteiger partial charge in [-0.2, -0.15) is 0 Å². The lowest BCUT2D eigenvalue weighted by Crippen LogP contribution is -2.35. The van der Waals surface area contributed by atoms with Gasteiger partial charge in [0.1, 0.15) is 0 Å². The van der Waals surface area contributed by atoms with E-state index in [2.05, 4.69) is 4.72 Å². The molecule has 0 atom stereocenters. The van der Waals surface area contributed by atoms with E-state index >= 15 is 0 Å². The number of amides is 1. The number of hydrogen-bond donors (Lipinski definition) is 1. The van der Waals surface area contributed by atoms with E-state index in [4.69, 9.17) is 0 Å². The van der Waals surface area contributed by atoms with Gasteiger partial charge in [-0.1, -0.05) is 35.9 Å². The second-order valence-corrected chi connectivity index (χ2v) is 9.78. The fourth-order valence-corrected chi connectivity index (χ4v) is 5.48. The summed E-state index contributed by atoms with van der Waals surface area (Å²) in [6.45, 7) is 6.41. The highest BCUT2D eigenvalue weighted by atomic mass is 32.2. The summed E-state index contributed by atoms with van der Waals surface area (Å²) >= 11 is 0. The number of hydrogen-bond acceptors (Lipinski definition) is 3. The molecule has 0 aromatic heterocycles. The average molecular weight is 435 g/mol. The van der Waals surface area contributed by atoms with Crippen molar-refractivity contribution in [3.63, 3.8) is 0 Å². The van der Waals surface area contributed by atoms with Gasteiger partial charge in [0.25, 0.3) is 15.9 Å². The average Bonchev–Trinajstić information content (AvgIpc) is 2.75. The summed E-state index contributed by atoms with van der Waals surface area (Å²) < 4.78 is 29.0. The lowest BCUT2D eigenvalue weighted by Gasteiger charge is -2.30. The zero-order valence-corrected chi connectivity index (χ0v) is 18.8. The quantitative estimate of drug-likeness (QED) is 0.628. The van der Waals surface area contributed by atoms with Crippen LogP contribution in [0.1, 0.15) is 39.0 Å². The molecule has 0 aliphatic carbocycles. The highest BCUT2D eigenvalue weighted by Gasteiger charge is 2.26. The van der Waals surface area contributed by atoms with Crippen LogP contribution in [-0.2, 0) is 16.4 Å². The van der Waals surface area contributed by atoms with E-state index in [0.29, 0.717) is 17.8 Å². The van der Waals surface area contributed by atoms with Gasteiger partial charge in [-0.25, -0.2) is 8.42 Å². The molecular formula is C25H26N2O3S. The molecule has 0 unspecified atom stereocenters. The van der Waals surface area contributed by atoms with Gasteiger partial charge in [0.15, 0.2) is 0 Å². The Morgan fingerprint density at radius 3 is 2.29 bits per heavy atom. The Morgan fingerprint density at radius 2 is 1.61 bits per heavy atom. The minimum atomic E-state index is -3.75. The zero-order chi connectivity index (χ0) is 22.2. The molecule has 0 bridgehead atoms. The van der Waals surface area contributed by atoms with E-state index < -0.39 is 10.0 Å². The summed E-state index contributed by atoms with van der Waals surface area (Å²) in [7, 11) is -3.75. The van der Waals surface area contributed by atoms with Crippen LogP contribution in [0.15, 0.2) is 65.6 Å². The number of rotatable bonds is 4. The maximum absolute atomic E-state index is 13.1. The van der Waals surface area contributed by atoms with Gasteiger partial charge >= 0.3 is 0 Å². The normalized spacial score (nSPS) is 13.6. The summed E-state index contributed by atoms with van der Waals surface area (Å²) in [5, 5.41) is 0. The van der Waals surface area contributed by atoms with Gasteiger partial charge in [-0.3, -0.25) is 9.52 Å². The minimum Gasteiger partial charge on any atom is -0.308 e. The fourth-order valence-electron chi connectivity index (χ4n) is 4.22. The largest absolute Gasteiger partial charge is 0.308 e. The highest BCUT2D eigenvalue weighted by Crippen LogP contribution is 2.32. The molecule has 0 radical (unpaired) electrons. The summed E-state index contributed by atoms with van der Waals surface area (Å²) in [4.78, 5) is 14.9. The molecule has 3 aromatic carbocycles. The van der Waals surface area contributed by atoms with Crippen molar-refractivity contribution in [2.75, 3.05) is 16.2 Å². The van der Waals surface area contributed by atoms with E-state index in [1.165, 1.54) is 0 Å². The molecular weight excluding hydrogens is 408 g/mol. The van der Waals surface area contributed by atoms with E-state index in [-0.39, 0.29) is 10.8 Å². The summed E-state index contributed by atoms with van der Waals surface area (Å²) in [6.07, 6.45) is 1.53. The highest BCUT2D eigenvalue weighted by molar-refractivity contribution is 7.92. The topological polar surface area (TPSA) is 66.5 Å². The molecule has 1 aliphatic rings. The van der Waals surface area contributed by atoms with Crippen LogP contribution in [0, 0.1) is 20.8 Å². The van der Waals surface area contributed by atoms with Crippen molar-refractivity contribution < 1.29 is 13.2 Å². The van der Waals surface area contributed by atoms with E-state index in [9.17, 15) is 13.2 Å². The number of nitrogens with zero attached hydrogens (tertiary/aromatic N) is 1. The first-order valence-electron chi connectivity index (χ1n) is 10.4.